The van der Waals surface area contributed by atoms with Crippen molar-refractivity contribution < 1.29 is 14.3 Å². The zero-order chi connectivity index (χ0) is 18.1. The number of carbonyl (C=O) groups excluding carboxylic acids is 2. The molecule has 2 amide bonds. The lowest BCUT2D eigenvalue weighted by molar-refractivity contribution is -0.127. The average molecular weight is 352 g/mol. The number of fused-ring (bicyclic) bond motifs is 2. The number of nitrogens with one attached hydrogen (secondary N) is 2. The summed E-state index contributed by atoms with van der Waals surface area (Å²) in [5, 5.41) is 6.13. The summed E-state index contributed by atoms with van der Waals surface area (Å²) in [4.78, 5) is 30.9. The van der Waals surface area contributed by atoms with Gasteiger partial charge in [-0.2, -0.15) is 0 Å². The fourth-order valence-corrected chi connectivity index (χ4v) is 3.28. The first-order chi connectivity index (χ1) is 12.6. The van der Waals surface area contributed by atoms with Gasteiger partial charge in [-0.1, -0.05) is 12.1 Å². The second kappa shape index (κ2) is 6.76. The van der Waals surface area contributed by atoms with E-state index in [1.54, 1.807) is 25.3 Å². The van der Waals surface area contributed by atoms with Crippen LogP contribution in [0.15, 0.2) is 36.5 Å². The highest BCUT2D eigenvalue weighted by Gasteiger charge is 2.32. The van der Waals surface area contributed by atoms with E-state index in [9.17, 15) is 9.59 Å². The van der Waals surface area contributed by atoms with Crippen LogP contribution in [-0.4, -0.2) is 36.0 Å². The Bertz CT molecular complexity index is 868. The molecule has 1 unspecified atom stereocenters. The zero-order valence-electron chi connectivity index (χ0n) is 14.5. The van der Waals surface area contributed by atoms with E-state index in [2.05, 4.69) is 15.6 Å². The monoisotopic (exact) mass is 352 g/mol. The van der Waals surface area contributed by atoms with Crippen LogP contribution < -0.4 is 20.3 Å². The van der Waals surface area contributed by atoms with Gasteiger partial charge in [-0.05, 0) is 30.7 Å². The summed E-state index contributed by atoms with van der Waals surface area (Å²) in [6.45, 7) is 3.28. The number of amides is 2. The minimum absolute atomic E-state index is 0.0706. The number of hydrogen-bond donors (Lipinski definition) is 2. The maximum atomic E-state index is 12.5. The van der Waals surface area contributed by atoms with Crippen LogP contribution in [0.4, 0.5) is 11.4 Å². The minimum Gasteiger partial charge on any atom is -0.479 e. The number of carbonyl (C=O) groups is 2. The Morgan fingerprint density at radius 2 is 2.27 bits per heavy atom. The third kappa shape index (κ3) is 3.13. The van der Waals surface area contributed by atoms with Gasteiger partial charge in [0.2, 0.25) is 5.91 Å². The molecule has 2 aromatic rings. The van der Waals surface area contributed by atoms with Crippen molar-refractivity contribution in [2.24, 2.45) is 0 Å². The molecular formula is C19H20N4O3. The average Bonchev–Trinajstić information content (AvgIpc) is 2.65. The van der Waals surface area contributed by atoms with Crippen LogP contribution in [0.1, 0.15) is 18.2 Å². The SMILES string of the molecule is CC1Oc2ccccc2N(CC(=O)Nc2cnc3c(c2)CNCC3)C1=O. The van der Waals surface area contributed by atoms with Crippen molar-refractivity contribution in [1.82, 2.24) is 10.3 Å². The fourth-order valence-electron chi connectivity index (χ4n) is 3.28. The van der Waals surface area contributed by atoms with Gasteiger partial charge in [0.1, 0.15) is 12.3 Å². The lowest BCUT2D eigenvalue weighted by Crippen LogP contribution is -2.47. The molecule has 1 atom stereocenters. The van der Waals surface area contributed by atoms with Crippen molar-refractivity contribution >= 4 is 23.2 Å². The van der Waals surface area contributed by atoms with Crippen LogP contribution in [0.2, 0.25) is 0 Å². The van der Waals surface area contributed by atoms with Crippen molar-refractivity contribution in [2.45, 2.75) is 26.0 Å². The second-order valence-corrected chi connectivity index (χ2v) is 6.46. The van der Waals surface area contributed by atoms with E-state index in [1.807, 2.05) is 18.2 Å². The van der Waals surface area contributed by atoms with E-state index in [-0.39, 0.29) is 18.4 Å². The summed E-state index contributed by atoms with van der Waals surface area (Å²) < 4.78 is 5.60. The molecule has 0 fully saturated rings. The molecule has 0 saturated heterocycles. The molecule has 0 saturated carbocycles. The molecule has 0 aliphatic carbocycles. The number of para-hydroxylation sites is 2. The van der Waals surface area contributed by atoms with Crippen molar-refractivity contribution in [1.29, 1.82) is 0 Å². The second-order valence-electron chi connectivity index (χ2n) is 6.46. The first-order valence-corrected chi connectivity index (χ1v) is 8.67. The number of ether oxygens (including phenoxy) is 1. The van der Waals surface area contributed by atoms with Gasteiger partial charge in [0.05, 0.1) is 17.6 Å². The molecule has 0 spiro atoms. The lowest BCUT2D eigenvalue weighted by atomic mass is 10.1. The number of hydrogen-bond acceptors (Lipinski definition) is 5. The summed E-state index contributed by atoms with van der Waals surface area (Å²) in [5.41, 5.74) is 3.40. The van der Waals surface area contributed by atoms with Crippen molar-refractivity contribution in [3.05, 3.63) is 47.8 Å². The topological polar surface area (TPSA) is 83.6 Å². The molecular weight excluding hydrogens is 332 g/mol. The van der Waals surface area contributed by atoms with Crippen LogP contribution >= 0.6 is 0 Å². The van der Waals surface area contributed by atoms with Crippen LogP contribution in [0, 0.1) is 0 Å². The Morgan fingerprint density at radius 3 is 3.15 bits per heavy atom. The third-order valence-corrected chi connectivity index (χ3v) is 4.57. The molecule has 134 valence electrons. The number of nitrogens with zero attached hydrogens (tertiary/aromatic N) is 2. The van der Waals surface area contributed by atoms with Gasteiger partial charge >= 0.3 is 0 Å². The predicted octanol–water partition coefficient (Wildman–Crippen LogP) is 1.48. The number of aromatic nitrogens is 1. The largest absolute Gasteiger partial charge is 0.479 e. The predicted molar refractivity (Wildman–Crippen MR) is 97.2 cm³/mol. The van der Waals surface area contributed by atoms with Crippen LogP contribution in [-0.2, 0) is 22.6 Å². The number of benzene rings is 1. The zero-order valence-corrected chi connectivity index (χ0v) is 14.5. The van der Waals surface area contributed by atoms with Crippen molar-refractivity contribution in [3.8, 4) is 5.75 Å². The van der Waals surface area contributed by atoms with Gasteiger partial charge < -0.3 is 15.4 Å². The first-order valence-electron chi connectivity index (χ1n) is 8.67. The molecule has 4 rings (SSSR count). The van der Waals surface area contributed by atoms with Gasteiger partial charge in [-0.25, -0.2) is 0 Å². The summed E-state index contributed by atoms with van der Waals surface area (Å²) in [7, 11) is 0. The number of rotatable bonds is 3. The quantitative estimate of drug-likeness (QED) is 0.874. The lowest BCUT2D eigenvalue weighted by Gasteiger charge is -2.32. The van der Waals surface area contributed by atoms with Gasteiger partial charge in [0.15, 0.2) is 6.10 Å². The van der Waals surface area contributed by atoms with E-state index in [0.717, 1.165) is 30.8 Å². The van der Waals surface area contributed by atoms with E-state index in [1.165, 1.54) is 4.90 Å². The van der Waals surface area contributed by atoms with E-state index >= 15 is 0 Å². The summed E-state index contributed by atoms with van der Waals surface area (Å²) in [5.74, 6) is 0.105. The minimum atomic E-state index is -0.616. The highest BCUT2D eigenvalue weighted by molar-refractivity contribution is 6.06. The van der Waals surface area contributed by atoms with Gasteiger partial charge in [0, 0.05) is 25.2 Å². The Labute approximate surface area is 151 Å². The fraction of sp³-hybridized carbons (Fsp3) is 0.316. The highest BCUT2D eigenvalue weighted by Crippen LogP contribution is 2.33. The molecule has 1 aromatic carbocycles. The van der Waals surface area contributed by atoms with Gasteiger partial charge in [0.25, 0.3) is 5.91 Å². The van der Waals surface area contributed by atoms with Crippen LogP contribution in [0.5, 0.6) is 5.75 Å². The summed E-state index contributed by atoms with van der Waals surface area (Å²) >= 11 is 0. The molecule has 2 aliphatic heterocycles. The molecule has 3 heterocycles. The molecule has 1 aromatic heterocycles. The molecule has 7 nitrogen and oxygen atoms in total. The molecule has 0 radical (unpaired) electrons. The van der Waals surface area contributed by atoms with Gasteiger partial charge in [-0.15, -0.1) is 0 Å². The van der Waals surface area contributed by atoms with E-state index in [0.29, 0.717) is 17.1 Å². The molecule has 7 heteroatoms. The summed E-state index contributed by atoms with van der Waals surface area (Å²) in [6.07, 6.45) is 1.94. The Hall–Kier alpha value is -2.93. The maximum absolute atomic E-state index is 12.5. The Morgan fingerprint density at radius 1 is 1.42 bits per heavy atom. The van der Waals surface area contributed by atoms with E-state index < -0.39 is 6.10 Å². The smallest absolute Gasteiger partial charge is 0.268 e. The van der Waals surface area contributed by atoms with Crippen molar-refractivity contribution in [3.63, 3.8) is 0 Å². The van der Waals surface area contributed by atoms with E-state index in [4.69, 9.17) is 4.74 Å². The molecule has 2 N–H and O–H groups in total. The Kier molecular flexibility index (Phi) is 4.30. The first kappa shape index (κ1) is 16.5. The maximum Gasteiger partial charge on any atom is 0.268 e. The summed E-state index contributed by atoms with van der Waals surface area (Å²) in [6, 6.07) is 9.16. The third-order valence-electron chi connectivity index (χ3n) is 4.57. The molecule has 2 aliphatic rings. The normalized spacial score (nSPS) is 18.6. The number of pyridine rings is 1. The molecule has 26 heavy (non-hydrogen) atoms. The molecule has 0 bridgehead atoms. The van der Waals surface area contributed by atoms with Crippen molar-refractivity contribution in [2.75, 3.05) is 23.3 Å². The standard InChI is InChI=1S/C19H20N4O3/c1-12-19(25)23(16-4-2-3-5-17(16)26-12)11-18(24)22-14-8-13-9-20-7-6-15(13)21-10-14/h2-5,8,10,12,20H,6-7,9,11H2,1H3,(H,22,24). The van der Waals surface area contributed by atoms with Gasteiger partial charge in [-0.3, -0.25) is 19.5 Å². The Balaban J connectivity index is 1.50. The van der Waals surface area contributed by atoms with Crippen LogP contribution in [0.25, 0.3) is 0 Å². The highest BCUT2D eigenvalue weighted by atomic mass is 16.5. The van der Waals surface area contributed by atoms with Crippen LogP contribution in [0.3, 0.4) is 0 Å². The number of anilines is 2.